The molecular formula is C12H23N3O. The Bertz CT molecular complexity index is 255. The van der Waals surface area contributed by atoms with Crippen molar-refractivity contribution in [3.8, 4) is 0 Å². The van der Waals surface area contributed by atoms with Gasteiger partial charge in [-0.2, -0.15) is 0 Å². The van der Waals surface area contributed by atoms with E-state index in [9.17, 15) is 4.79 Å². The number of nitrogens with one attached hydrogen (secondary N) is 2. The van der Waals surface area contributed by atoms with Gasteiger partial charge in [0.25, 0.3) is 0 Å². The predicted molar refractivity (Wildman–Crippen MR) is 66.1 cm³/mol. The van der Waals surface area contributed by atoms with Gasteiger partial charge in [0.2, 0.25) is 5.91 Å². The largest absolute Gasteiger partial charge is 0.286 e. The van der Waals surface area contributed by atoms with E-state index in [1.54, 1.807) is 0 Å². The summed E-state index contributed by atoms with van der Waals surface area (Å²) in [5, 5.41) is 0. The van der Waals surface area contributed by atoms with Crippen LogP contribution in [-0.4, -0.2) is 17.8 Å². The minimum absolute atomic E-state index is 0.0861. The molecule has 2 N–H and O–H groups in total. The minimum atomic E-state index is -0.0861. The number of nitrogens with zero attached hydrogens (tertiary/aromatic N) is 1. The molecule has 0 aromatic carbocycles. The molecule has 0 saturated heterocycles. The Balaban J connectivity index is 2.53. The van der Waals surface area contributed by atoms with Crippen LogP contribution < -0.4 is 10.9 Å². The molecule has 0 aromatic heterocycles. The molecule has 0 aliphatic heterocycles. The van der Waals surface area contributed by atoms with Gasteiger partial charge in [-0.3, -0.25) is 20.6 Å². The average molecular weight is 225 g/mol. The van der Waals surface area contributed by atoms with Gasteiger partial charge in [0.15, 0.2) is 0 Å². The van der Waals surface area contributed by atoms with Crippen LogP contribution in [0, 0.1) is 5.92 Å². The van der Waals surface area contributed by atoms with Crippen LogP contribution in [0.15, 0.2) is 4.99 Å². The number of carbonyl (C=O) groups excluding carboxylic acids is 1. The molecule has 0 aromatic rings. The van der Waals surface area contributed by atoms with Crippen molar-refractivity contribution in [2.24, 2.45) is 10.9 Å². The molecule has 4 heteroatoms. The number of hydrogen-bond acceptors (Lipinski definition) is 2. The third-order valence-corrected chi connectivity index (χ3v) is 2.81. The van der Waals surface area contributed by atoms with E-state index in [-0.39, 0.29) is 5.91 Å². The Labute approximate surface area is 97.9 Å². The highest BCUT2D eigenvalue weighted by Gasteiger charge is 2.14. The van der Waals surface area contributed by atoms with E-state index in [2.05, 4.69) is 24.7 Å². The first-order chi connectivity index (χ1) is 7.59. The fraction of sp³-hybridized carbons (Fsp3) is 0.833. The van der Waals surface area contributed by atoms with Crippen LogP contribution in [0.5, 0.6) is 0 Å². The lowest BCUT2D eigenvalue weighted by molar-refractivity contribution is -0.119. The summed E-state index contributed by atoms with van der Waals surface area (Å²) >= 11 is 0. The van der Waals surface area contributed by atoms with Gasteiger partial charge in [0.05, 0.1) is 6.04 Å². The molecule has 1 rings (SSSR count). The van der Waals surface area contributed by atoms with Gasteiger partial charge in [0.1, 0.15) is 5.84 Å². The van der Waals surface area contributed by atoms with Gasteiger partial charge < -0.3 is 0 Å². The third-order valence-electron chi connectivity index (χ3n) is 2.81. The van der Waals surface area contributed by atoms with Crippen molar-refractivity contribution in [2.45, 2.75) is 58.9 Å². The van der Waals surface area contributed by atoms with Crippen LogP contribution in [0.1, 0.15) is 52.9 Å². The Kier molecular flexibility index (Phi) is 5.29. The van der Waals surface area contributed by atoms with E-state index < -0.39 is 0 Å². The summed E-state index contributed by atoms with van der Waals surface area (Å²) in [6, 6.07) is 0.437. The highest BCUT2D eigenvalue weighted by Crippen LogP contribution is 2.20. The van der Waals surface area contributed by atoms with Crippen LogP contribution in [-0.2, 0) is 4.79 Å². The number of amides is 1. The zero-order valence-electron chi connectivity index (χ0n) is 10.5. The molecule has 1 fully saturated rings. The Hall–Kier alpha value is -1.06. The molecule has 16 heavy (non-hydrogen) atoms. The van der Waals surface area contributed by atoms with Gasteiger partial charge in [0, 0.05) is 12.8 Å². The summed E-state index contributed by atoms with van der Waals surface area (Å²) < 4.78 is 0. The summed E-state index contributed by atoms with van der Waals surface area (Å²) in [5.41, 5.74) is 5.51. The Morgan fingerprint density at radius 2 is 1.81 bits per heavy atom. The van der Waals surface area contributed by atoms with E-state index in [4.69, 9.17) is 4.99 Å². The Morgan fingerprint density at radius 1 is 1.19 bits per heavy atom. The number of amidine groups is 1. The molecule has 0 radical (unpaired) electrons. The molecule has 1 saturated carbocycles. The lowest BCUT2D eigenvalue weighted by Gasteiger charge is -2.21. The molecule has 0 atom stereocenters. The smallest absolute Gasteiger partial charge is 0.235 e. The second-order valence-electron chi connectivity index (χ2n) is 4.77. The van der Waals surface area contributed by atoms with Gasteiger partial charge in [-0.05, 0) is 12.8 Å². The molecule has 0 heterocycles. The van der Waals surface area contributed by atoms with Gasteiger partial charge >= 0.3 is 0 Å². The third kappa shape index (κ3) is 4.64. The van der Waals surface area contributed by atoms with E-state index >= 15 is 0 Å². The molecule has 4 nitrogen and oxygen atoms in total. The van der Waals surface area contributed by atoms with E-state index in [0.29, 0.717) is 12.0 Å². The number of hydrazine groups is 1. The first-order valence-corrected chi connectivity index (χ1v) is 6.20. The predicted octanol–water partition coefficient (Wildman–Crippen LogP) is 2.01. The summed E-state index contributed by atoms with van der Waals surface area (Å²) in [4.78, 5) is 15.5. The quantitative estimate of drug-likeness (QED) is 0.429. The van der Waals surface area contributed by atoms with Crippen molar-refractivity contribution in [1.29, 1.82) is 0 Å². The van der Waals surface area contributed by atoms with Gasteiger partial charge in [-0.1, -0.05) is 33.1 Å². The lowest BCUT2D eigenvalue weighted by atomic mass is 9.96. The van der Waals surface area contributed by atoms with E-state index in [0.717, 1.165) is 5.84 Å². The van der Waals surface area contributed by atoms with Crippen LogP contribution in [0.25, 0.3) is 0 Å². The van der Waals surface area contributed by atoms with Crippen molar-refractivity contribution in [3.05, 3.63) is 0 Å². The maximum Gasteiger partial charge on any atom is 0.235 e. The monoisotopic (exact) mass is 225 g/mol. The van der Waals surface area contributed by atoms with Gasteiger partial charge in [-0.25, -0.2) is 0 Å². The Morgan fingerprint density at radius 3 is 2.31 bits per heavy atom. The van der Waals surface area contributed by atoms with Crippen LogP contribution in [0.3, 0.4) is 0 Å². The van der Waals surface area contributed by atoms with Crippen LogP contribution in [0.4, 0.5) is 0 Å². The molecule has 1 aliphatic carbocycles. The van der Waals surface area contributed by atoms with Gasteiger partial charge in [-0.15, -0.1) is 0 Å². The molecule has 1 aliphatic rings. The molecule has 92 valence electrons. The summed E-state index contributed by atoms with van der Waals surface area (Å²) in [6.07, 6.45) is 6.25. The second kappa shape index (κ2) is 6.51. The van der Waals surface area contributed by atoms with Crippen LogP contribution >= 0.6 is 0 Å². The van der Waals surface area contributed by atoms with E-state index in [1.165, 1.54) is 39.0 Å². The standard InChI is InChI=1S/C12H23N3O/c1-9(2)12(15-14-10(3)16)13-11-7-5-4-6-8-11/h9,11H,4-8H2,1-3H3,(H,13,15)(H,14,16). The van der Waals surface area contributed by atoms with Crippen molar-refractivity contribution in [3.63, 3.8) is 0 Å². The summed E-state index contributed by atoms with van der Waals surface area (Å²) in [7, 11) is 0. The maximum atomic E-state index is 10.8. The highest BCUT2D eigenvalue weighted by atomic mass is 16.2. The topological polar surface area (TPSA) is 53.5 Å². The number of aliphatic imine (C=N–C) groups is 1. The summed E-state index contributed by atoms with van der Waals surface area (Å²) in [5.74, 6) is 1.12. The molecule has 1 amide bonds. The lowest BCUT2D eigenvalue weighted by Crippen LogP contribution is -2.43. The van der Waals surface area contributed by atoms with Crippen molar-refractivity contribution < 1.29 is 4.79 Å². The van der Waals surface area contributed by atoms with Crippen molar-refractivity contribution in [2.75, 3.05) is 0 Å². The number of hydrogen-bond donors (Lipinski definition) is 2. The number of rotatable bonds is 2. The normalized spacial score (nSPS) is 18.6. The maximum absolute atomic E-state index is 10.8. The molecule has 0 spiro atoms. The fourth-order valence-corrected chi connectivity index (χ4v) is 1.88. The highest BCUT2D eigenvalue weighted by molar-refractivity contribution is 5.86. The first-order valence-electron chi connectivity index (χ1n) is 6.20. The zero-order valence-corrected chi connectivity index (χ0v) is 10.5. The van der Waals surface area contributed by atoms with Crippen molar-refractivity contribution >= 4 is 11.7 Å². The minimum Gasteiger partial charge on any atom is -0.286 e. The number of carbonyl (C=O) groups is 1. The average Bonchev–Trinajstić information content (AvgIpc) is 2.25. The summed E-state index contributed by atoms with van der Waals surface area (Å²) in [6.45, 7) is 5.65. The molecular weight excluding hydrogens is 202 g/mol. The molecule has 0 unspecified atom stereocenters. The van der Waals surface area contributed by atoms with E-state index in [1.807, 2.05) is 0 Å². The zero-order chi connectivity index (χ0) is 12.0. The molecule has 0 bridgehead atoms. The SMILES string of the molecule is CC(=O)NN/C(=N/C1CCCCC1)C(C)C. The second-order valence-corrected chi connectivity index (χ2v) is 4.77. The van der Waals surface area contributed by atoms with Crippen LogP contribution in [0.2, 0.25) is 0 Å². The first kappa shape index (κ1) is 13.0. The fourth-order valence-electron chi connectivity index (χ4n) is 1.88. The van der Waals surface area contributed by atoms with Crippen molar-refractivity contribution in [1.82, 2.24) is 10.9 Å².